The molecule has 0 saturated carbocycles. The molecule has 0 aliphatic heterocycles. The second kappa shape index (κ2) is 6.23. The molecule has 1 unspecified atom stereocenters. The Morgan fingerprint density at radius 1 is 1.06 bits per heavy atom. The summed E-state index contributed by atoms with van der Waals surface area (Å²) in [7, 11) is 0. The molecule has 0 saturated heterocycles. The average Bonchev–Trinajstić information content (AvgIpc) is 2.37. The van der Waals surface area contributed by atoms with Crippen molar-refractivity contribution in [1.29, 1.82) is 0 Å². The van der Waals surface area contributed by atoms with Crippen molar-refractivity contribution in [2.24, 2.45) is 0 Å². The number of rotatable bonds is 4. The molecule has 0 aromatic heterocycles. The Kier molecular flexibility index (Phi) is 4.64. The second-order valence-corrected chi connectivity index (χ2v) is 6.43. The Balaban J connectivity index is 1.96. The second-order valence-electron chi connectivity index (χ2n) is 3.69. The molecule has 0 amide bonds. The van der Waals surface area contributed by atoms with Gasteiger partial charge in [-0.25, -0.2) is 0 Å². The van der Waals surface area contributed by atoms with Crippen LogP contribution in [0.5, 0.6) is 0 Å². The van der Waals surface area contributed by atoms with E-state index in [-0.39, 0.29) is 0 Å². The van der Waals surface area contributed by atoms with Gasteiger partial charge in [-0.3, -0.25) is 0 Å². The van der Waals surface area contributed by atoms with E-state index in [1.165, 1.54) is 4.46 Å². The third-order valence-electron chi connectivity index (χ3n) is 2.38. The van der Waals surface area contributed by atoms with Crippen molar-refractivity contribution in [3.8, 4) is 0 Å². The molecule has 1 N–H and O–H groups in total. The zero-order valence-electron chi connectivity index (χ0n) is 9.21. The van der Waals surface area contributed by atoms with Gasteiger partial charge in [-0.1, -0.05) is 0 Å². The zero-order chi connectivity index (χ0) is 12.1. The molecule has 0 bridgehead atoms. The first-order valence-corrected chi connectivity index (χ1v) is 7.81. The van der Waals surface area contributed by atoms with Crippen LogP contribution >= 0.6 is 11.6 Å². The summed E-state index contributed by atoms with van der Waals surface area (Å²) in [6, 6.07) is 17.7. The molecular weight excluding hydrogens is 299 g/mol. The van der Waals surface area contributed by atoms with Gasteiger partial charge in [-0.2, -0.15) is 0 Å². The van der Waals surface area contributed by atoms with Crippen molar-refractivity contribution < 1.29 is 5.11 Å². The van der Waals surface area contributed by atoms with Crippen LogP contribution < -0.4 is 4.46 Å². The molecule has 0 radical (unpaired) electrons. The van der Waals surface area contributed by atoms with Gasteiger partial charge in [0.15, 0.2) is 0 Å². The standard InChI is InChI=1S/C14H13ClOSe/c15-12-6-4-5-11(9-12)14(16)10-17-13-7-2-1-3-8-13/h1-9,14,16H,10H2. The fourth-order valence-electron chi connectivity index (χ4n) is 1.50. The van der Waals surface area contributed by atoms with Crippen LogP contribution in [-0.4, -0.2) is 20.1 Å². The van der Waals surface area contributed by atoms with E-state index in [4.69, 9.17) is 11.6 Å². The monoisotopic (exact) mass is 312 g/mol. The first-order chi connectivity index (χ1) is 8.25. The number of hydrogen-bond donors (Lipinski definition) is 1. The Hall–Kier alpha value is -0.791. The molecule has 2 aromatic carbocycles. The summed E-state index contributed by atoms with van der Waals surface area (Å²) in [6.45, 7) is 0. The Bertz CT molecular complexity index is 473. The number of benzene rings is 2. The zero-order valence-corrected chi connectivity index (χ0v) is 11.7. The van der Waals surface area contributed by atoms with E-state index in [0.717, 1.165) is 10.9 Å². The van der Waals surface area contributed by atoms with Crippen molar-refractivity contribution in [1.82, 2.24) is 0 Å². The molecule has 88 valence electrons. The molecule has 3 heteroatoms. The van der Waals surface area contributed by atoms with Gasteiger partial charge in [0, 0.05) is 0 Å². The molecule has 1 nitrogen and oxygen atoms in total. The van der Waals surface area contributed by atoms with E-state index >= 15 is 0 Å². The van der Waals surface area contributed by atoms with Crippen molar-refractivity contribution >= 4 is 31.0 Å². The van der Waals surface area contributed by atoms with Crippen molar-refractivity contribution in [2.75, 3.05) is 0 Å². The van der Waals surface area contributed by atoms with Gasteiger partial charge in [0.1, 0.15) is 0 Å². The average molecular weight is 312 g/mol. The molecule has 1 atom stereocenters. The summed E-state index contributed by atoms with van der Waals surface area (Å²) < 4.78 is 1.31. The van der Waals surface area contributed by atoms with E-state index in [0.29, 0.717) is 20.0 Å². The summed E-state index contributed by atoms with van der Waals surface area (Å²) in [5, 5.41) is 11.5. The first-order valence-electron chi connectivity index (χ1n) is 5.37. The summed E-state index contributed by atoms with van der Waals surface area (Å²) >= 11 is 6.19. The topological polar surface area (TPSA) is 20.2 Å². The molecule has 0 fully saturated rings. The van der Waals surface area contributed by atoms with Gasteiger partial charge < -0.3 is 0 Å². The normalized spacial score (nSPS) is 12.4. The predicted molar refractivity (Wildman–Crippen MR) is 73.0 cm³/mol. The molecule has 0 heterocycles. The van der Waals surface area contributed by atoms with Crippen molar-refractivity contribution in [2.45, 2.75) is 11.4 Å². The van der Waals surface area contributed by atoms with E-state index in [1.54, 1.807) is 0 Å². The van der Waals surface area contributed by atoms with Crippen LogP contribution in [0.15, 0.2) is 54.6 Å². The quantitative estimate of drug-likeness (QED) is 0.861. The molecular formula is C14H13ClOSe. The van der Waals surface area contributed by atoms with E-state index in [1.807, 2.05) is 42.5 Å². The molecule has 0 aliphatic rings. The number of aliphatic hydroxyl groups excluding tert-OH is 1. The minimum absolute atomic E-state index is 0.295. The number of halogens is 1. The van der Waals surface area contributed by atoms with Gasteiger partial charge in [0.05, 0.1) is 0 Å². The number of hydrogen-bond acceptors (Lipinski definition) is 1. The fourth-order valence-corrected chi connectivity index (χ4v) is 3.57. The summed E-state index contributed by atoms with van der Waals surface area (Å²) in [6.07, 6.45) is -0.422. The van der Waals surface area contributed by atoms with Gasteiger partial charge in [-0.05, 0) is 0 Å². The van der Waals surface area contributed by atoms with Gasteiger partial charge in [-0.15, -0.1) is 0 Å². The maximum absolute atomic E-state index is 10.1. The predicted octanol–water partition coefficient (Wildman–Crippen LogP) is 2.82. The third-order valence-corrected chi connectivity index (χ3v) is 4.90. The van der Waals surface area contributed by atoms with Crippen molar-refractivity contribution in [3.05, 3.63) is 65.2 Å². The summed E-state index contributed by atoms with van der Waals surface area (Å²) in [5.41, 5.74) is 0.898. The molecule has 0 aliphatic carbocycles. The number of aliphatic hydroxyl groups is 1. The van der Waals surface area contributed by atoms with Crippen LogP contribution in [0.25, 0.3) is 0 Å². The van der Waals surface area contributed by atoms with Crippen LogP contribution in [0.3, 0.4) is 0 Å². The minimum atomic E-state index is -0.422. The van der Waals surface area contributed by atoms with Crippen LogP contribution in [-0.2, 0) is 0 Å². The van der Waals surface area contributed by atoms with E-state index in [2.05, 4.69) is 12.1 Å². The van der Waals surface area contributed by atoms with E-state index in [9.17, 15) is 5.11 Å². The van der Waals surface area contributed by atoms with Crippen molar-refractivity contribution in [3.63, 3.8) is 0 Å². The van der Waals surface area contributed by atoms with Crippen LogP contribution in [0.1, 0.15) is 11.7 Å². The van der Waals surface area contributed by atoms with E-state index < -0.39 is 6.10 Å². The Morgan fingerprint density at radius 3 is 2.53 bits per heavy atom. The Labute approximate surface area is 113 Å². The van der Waals surface area contributed by atoms with Gasteiger partial charge in [0.25, 0.3) is 0 Å². The summed E-state index contributed by atoms with van der Waals surface area (Å²) in [4.78, 5) is 0. The molecule has 2 aromatic rings. The molecule has 17 heavy (non-hydrogen) atoms. The fraction of sp³-hybridized carbons (Fsp3) is 0.143. The van der Waals surface area contributed by atoms with Gasteiger partial charge in [0.2, 0.25) is 0 Å². The molecule has 0 spiro atoms. The van der Waals surface area contributed by atoms with Crippen LogP contribution in [0.4, 0.5) is 0 Å². The van der Waals surface area contributed by atoms with Crippen LogP contribution in [0, 0.1) is 0 Å². The maximum atomic E-state index is 10.1. The molecule has 2 rings (SSSR count). The SMILES string of the molecule is OC(C[Se]c1ccccc1)c1cccc(Cl)c1. The third kappa shape index (κ3) is 3.86. The Morgan fingerprint density at radius 2 is 1.82 bits per heavy atom. The first kappa shape index (κ1) is 12.7. The van der Waals surface area contributed by atoms with Crippen LogP contribution in [0.2, 0.25) is 10.3 Å². The summed E-state index contributed by atoms with van der Waals surface area (Å²) in [5.74, 6) is 0. The van der Waals surface area contributed by atoms with Gasteiger partial charge >= 0.3 is 113 Å².